The highest BCUT2D eigenvalue weighted by Crippen LogP contribution is 2.35. The molecule has 0 saturated heterocycles. The molecule has 1 aromatic rings. The molecule has 0 amide bonds. The average molecular weight is 204 g/mol. The summed E-state index contributed by atoms with van der Waals surface area (Å²) in [6, 6.07) is 8.78. The first kappa shape index (κ1) is 10.7. The summed E-state index contributed by atoms with van der Waals surface area (Å²) in [7, 11) is 0. The van der Waals surface area contributed by atoms with Gasteiger partial charge in [-0.2, -0.15) is 0 Å². The molecule has 1 unspecified atom stereocenters. The van der Waals surface area contributed by atoms with E-state index in [4.69, 9.17) is 5.73 Å². The normalized spacial score (nSPS) is 18.7. The van der Waals surface area contributed by atoms with Crippen LogP contribution >= 0.6 is 0 Å². The third-order valence-corrected chi connectivity index (χ3v) is 3.33. The highest BCUT2D eigenvalue weighted by atomic mass is 15.1. The molecule has 1 aromatic carbocycles. The Morgan fingerprint density at radius 2 is 2.20 bits per heavy atom. The van der Waals surface area contributed by atoms with Crippen LogP contribution in [0.4, 0.5) is 0 Å². The maximum atomic E-state index is 5.59. The molecule has 2 rings (SSSR count). The summed E-state index contributed by atoms with van der Waals surface area (Å²) < 4.78 is 0. The first-order valence-electron chi connectivity index (χ1n) is 5.85. The zero-order valence-corrected chi connectivity index (χ0v) is 9.45. The van der Waals surface area contributed by atoms with Gasteiger partial charge in [-0.3, -0.25) is 0 Å². The second-order valence-electron chi connectivity index (χ2n) is 4.28. The summed E-state index contributed by atoms with van der Waals surface area (Å²) in [5.41, 5.74) is 8.68. The lowest BCUT2D eigenvalue weighted by Gasteiger charge is -2.34. The fourth-order valence-electron chi connectivity index (χ4n) is 2.40. The Labute approximate surface area is 92.1 Å². The van der Waals surface area contributed by atoms with E-state index in [-0.39, 0.29) is 0 Å². The molecule has 15 heavy (non-hydrogen) atoms. The number of hydrogen-bond acceptors (Lipinski definition) is 2. The summed E-state index contributed by atoms with van der Waals surface area (Å²) >= 11 is 0. The number of nitrogens with zero attached hydrogens (tertiary/aromatic N) is 1. The molecular weight excluding hydrogens is 184 g/mol. The second kappa shape index (κ2) is 4.77. The first-order chi connectivity index (χ1) is 7.35. The van der Waals surface area contributed by atoms with E-state index in [9.17, 15) is 0 Å². The minimum atomic E-state index is 0.743. The number of benzene rings is 1. The fourth-order valence-corrected chi connectivity index (χ4v) is 2.40. The van der Waals surface area contributed by atoms with E-state index >= 15 is 0 Å². The molecule has 0 saturated carbocycles. The smallest absolute Gasteiger partial charge is 0.0105 e. The van der Waals surface area contributed by atoms with E-state index in [0.29, 0.717) is 0 Å². The van der Waals surface area contributed by atoms with E-state index < -0.39 is 0 Å². The highest BCUT2D eigenvalue weighted by molar-refractivity contribution is 5.40. The molecule has 1 aliphatic carbocycles. The zero-order chi connectivity index (χ0) is 10.7. The second-order valence-corrected chi connectivity index (χ2v) is 4.28. The Balaban J connectivity index is 1.93. The Morgan fingerprint density at radius 3 is 2.87 bits per heavy atom. The fraction of sp³-hybridized carbons (Fsp3) is 0.538. The van der Waals surface area contributed by atoms with Gasteiger partial charge in [0.25, 0.3) is 0 Å². The topological polar surface area (TPSA) is 29.3 Å². The molecule has 0 aromatic heterocycles. The summed E-state index contributed by atoms with van der Waals surface area (Å²) in [5.74, 6) is 0.743. The largest absolute Gasteiger partial charge is 0.329 e. The van der Waals surface area contributed by atoms with Crippen LogP contribution in [0.15, 0.2) is 24.3 Å². The van der Waals surface area contributed by atoms with Gasteiger partial charge >= 0.3 is 0 Å². The first-order valence-corrected chi connectivity index (χ1v) is 5.85. The number of hydrogen-bond donors (Lipinski definition) is 1. The highest BCUT2D eigenvalue weighted by Gasteiger charge is 2.26. The van der Waals surface area contributed by atoms with Gasteiger partial charge in [-0.1, -0.05) is 31.2 Å². The van der Waals surface area contributed by atoms with E-state index in [2.05, 4.69) is 36.1 Å². The maximum absolute atomic E-state index is 5.59. The van der Waals surface area contributed by atoms with Crippen molar-refractivity contribution in [1.82, 2.24) is 4.90 Å². The van der Waals surface area contributed by atoms with Crippen molar-refractivity contribution >= 4 is 0 Å². The molecule has 0 aliphatic heterocycles. The Hall–Kier alpha value is -0.860. The zero-order valence-electron chi connectivity index (χ0n) is 9.45. The average Bonchev–Trinajstić information content (AvgIpc) is 2.24. The monoisotopic (exact) mass is 204 g/mol. The minimum absolute atomic E-state index is 0.743. The predicted octanol–water partition coefficient (Wildman–Crippen LogP) is 1.61. The molecular formula is C13H20N2. The van der Waals surface area contributed by atoms with Crippen molar-refractivity contribution in [3.63, 3.8) is 0 Å². The maximum Gasteiger partial charge on any atom is 0.0105 e. The predicted molar refractivity (Wildman–Crippen MR) is 64.1 cm³/mol. The van der Waals surface area contributed by atoms with E-state index in [0.717, 1.165) is 25.6 Å². The van der Waals surface area contributed by atoms with Gasteiger partial charge in [-0.25, -0.2) is 0 Å². The molecule has 1 aliphatic rings. The van der Waals surface area contributed by atoms with E-state index in [1.807, 2.05) is 0 Å². The molecule has 0 radical (unpaired) electrons. The number of rotatable bonds is 5. The lowest BCUT2D eigenvalue weighted by molar-refractivity contribution is 0.266. The van der Waals surface area contributed by atoms with Crippen molar-refractivity contribution < 1.29 is 0 Å². The van der Waals surface area contributed by atoms with Gasteiger partial charge in [0.2, 0.25) is 0 Å². The van der Waals surface area contributed by atoms with E-state index in [1.54, 1.807) is 5.56 Å². The Kier molecular flexibility index (Phi) is 3.39. The van der Waals surface area contributed by atoms with Crippen molar-refractivity contribution in [2.75, 3.05) is 26.2 Å². The van der Waals surface area contributed by atoms with Crippen LogP contribution in [0.3, 0.4) is 0 Å². The van der Waals surface area contributed by atoms with E-state index in [1.165, 1.54) is 18.5 Å². The van der Waals surface area contributed by atoms with Gasteiger partial charge < -0.3 is 10.6 Å². The van der Waals surface area contributed by atoms with Gasteiger partial charge in [0.1, 0.15) is 0 Å². The van der Waals surface area contributed by atoms with Crippen LogP contribution in [0, 0.1) is 0 Å². The molecule has 0 fully saturated rings. The summed E-state index contributed by atoms with van der Waals surface area (Å²) in [6.07, 6.45) is 1.25. The number of nitrogens with two attached hydrogens (primary N) is 1. The van der Waals surface area contributed by atoms with Crippen LogP contribution in [0.25, 0.3) is 0 Å². The molecule has 0 heterocycles. The number of fused-ring (bicyclic) bond motifs is 1. The van der Waals surface area contributed by atoms with Crippen LogP contribution in [-0.2, 0) is 6.42 Å². The van der Waals surface area contributed by atoms with Gasteiger partial charge in [0, 0.05) is 25.6 Å². The Bertz CT molecular complexity index is 322. The van der Waals surface area contributed by atoms with Crippen LogP contribution in [0.5, 0.6) is 0 Å². The summed E-state index contributed by atoms with van der Waals surface area (Å²) in [5, 5.41) is 0. The van der Waals surface area contributed by atoms with Crippen LogP contribution in [0.1, 0.15) is 24.0 Å². The van der Waals surface area contributed by atoms with Crippen LogP contribution in [0.2, 0.25) is 0 Å². The molecule has 82 valence electrons. The Morgan fingerprint density at radius 1 is 1.40 bits per heavy atom. The van der Waals surface area contributed by atoms with Gasteiger partial charge in [0.15, 0.2) is 0 Å². The van der Waals surface area contributed by atoms with Gasteiger partial charge in [0.05, 0.1) is 0 Å². The lowest BCUT2D eigenvalue weighted by Crippen LogP contribution is -2.36. The molecule has 0 bridgehead atoms. The van der Waals surface area contributed by atoms with Crippen molar-refractivity contribution in [3.8, 4) is 0 Å². The van der Waals surface area contributed by atoms with Crippen molar-refractivity contribution in [2.45, 2.75) is 19.3 Å². The third kappa shape index (κ3) is 2.21. The molecule has 2 N–H and O–H groups in total. The third-order valence-electron chi connectivity index (χ3n) is 3.33. The standard InChI is InChI=1S/C13H20N2/c1-2-15(8-7-14)10-12-9-11-5-3-4-6-13(11)12/h3-6,12H,2,7-10,14H2,1H3. The van der Waals surface area contributed by atoms with Crippen LogP contribution in [-0.4, -0.2) is 31.1 Å². The van der Waals surface area contributed by atoms with Crippen molar-refractivity contribution in [3.05, 3.63) is 35.4 Å². The van der Waals surface area contributed by atoms with Crippen LogP contribution < -0.4 is 5.73 Å². The lowest BCUT2D eigenvalue weighted by atomic mass is 9.77. The quantitative estimate of drug-likeness (QED) is 0.789. The molecule has 2 nitrogen and oxygen atoms in total. The van der Waals surface area contributed by atoms with Crippen molar-refractivity contribution in [2.24, 2.45) is 5.73 Å². The molecule has 2 heteroatoms. The molecule has 1 atom stereocenters. The van der Waals surface area contributed by atoms with Gasteiger partial charge in [-0.05, 0) is 24.1 Å². The summed E-state index contributed by atoms with van der Waals surface area (Å²) in [6.45, 7) is 6.28. The van der Waals surface area contributed by atoms with Crippen molar-refractivity contribution in [1.29, 1.82) is 0 Å². The number of likely N-dealkylation sites (N-methyl/N-ethyl adjacent to an activating group) is 1. The molecule has 0 spiro atoms. The SMILES string of the molecule is CCN(CCN)CC1Cc2ccccc21. The van der Waals surface area contributed by atoms with Gasteiger partial charge in [-0.15, -0.1) is 0 Å². The minimum Gasteiger partial charge on any atom is -0.329 e. The summed E-state index contributed by atoms with van der Waals surface area (Å²) in [4.78, 5) is 2.45.